The Hall–Kier alpha value is -2.76. The van der Waals surface area contributed by atoms with Crippen molar-refractivity contribution in [3.63, 3.8) is 0 Å². The van der Waals surface area contributed by atoms with Gasteiger partial charge in [-0.15, -0.1) is 0 Å². The van der Waals surface area contributed by atoms with Crippen LogP contribution in [0, 0.1) is 13.8 Å². The molecule has 2 aromatic rings. The molecule has 2 heterocycles. The van der Waals surface area contributed by atoms with Gasteiger partial charge in [-0.05, 0) is 39.0 Å². The van der Waals surface area contributed by atoms with E-state index in [0.717, 1.165) is 17.1 Å². The first-order chi connectivity index (χ1) is 11.0. The van der Waals surface area contributed by atoms with Crippen molar-refractivity contribution in [1.82, 2.24) is 5.43 Å². The Morgan fingerprint density at radius 2 is 2.00 bits per heavy atom. The van der Waals surface area contributed by atoms with Crippen molar-refractivity contribution in [2.75, 3.05) is 6.61 Å². The highest BCUT2D eigenvalue weighted by Gasteiger charge is 2.27. The minimum atomic E-state index is -0.728. The quantitative estimate of drug-likeness (QED) is 0.698. The van der Waals surface area contributed by atoms with Crippen LogP contribution in [0.1, 0.15) is 24.0 Å². The van der Waals surface area contributed by atoms with Gasteiger partial charge in [-0.25, -0.2) is 5.43 Å². The highest BCUT2D eigenvalue weighted by Crippen LogP contribution is 2.30. The number of hydrogen-bond acceptors (Lipinski definition) is 5. The summed E-state index contributed by atoms with van der Waals surface area (Å²) in [6.07, 6.45) is -0.728. The van der Waals surface area contributed by atoms with Crippen molar-refractivity contribution >= 4 is 11.6 Å². The lowest BCUT2D eigenvalue weighted by Gasteiger charge is -2.24. The summed E-state index contributed by atoms with van der Waals surface area (Å²) >= 11 is 0. The first-order valence-corrected chi connectivity index (χ1v) is 7.34. The summed E-state index contributed by atoms with van der Waals surface area (Å²) in [5, 5.41) is 4.12. The number of amides is 1. The number of rotatable bonds is 3. The lowest BCUT2D eigenvalue weighted by atomic mass is 10.2. The van der Waals surface area contributed by atoms with E-state index in [0.29, 0.717) is 17.2 Å². The lowest BCUT2D eigenvalue weighted by molar-refractivity contribution is -0.130. The van der Waals surface area contributed by atoms with Crippen molar-refractivity contribution in [3.05, 3.63) is 47.4 Å². The van der Waals surface area contributed by atoms with Gasteiger partial charge in [0.25, 0.3) is 5.91 Å². The number of hydrogen-bond donors (Lipinski definition) is 1. The predicted molar refractivity (Wildman–Crippen MR) is 84.9 cm³/mol. The smallest absolute Gasteiger partial charge is 0.284 e. The van der Waals surface area contributed by atoms with Crippen molar-refractivity contribution < 1.29 is 18.7 Å². The van der Waals surface area contributed by atoms with Crippen LogP contribution in [0.25, 0.3) is 0 Å². The number of hydrazone groups is 1. The number of fused-ring (bicyclic) bond motifs is 1. The van der Waals surface area contributed by atoms with Crippen LogP contribution in [0.5, 0.6) is 11.5 Å². The fraction of sp³-hybridized carbons (Fsp3) is 0.294. The zero-order valence-electron chi connectivity index (χ0n) is 13.3. The molecular weight excluding hydrogens is 296 g/mol. The number of nitrogens with zero attached hydrogens (tertiary/aromatic N) is 1. The summed E-state index contributed by atoms with van der Waals surface area (Å²) in [4.78, 5) is 12.2. The molecule has 1 amide bonds. The highest BCUT2D eigenvalue weighted by atomic mass is 16.6. The first kappa shape index (κ1) is 15.1. The van der Waals surface area contributed by atoms with Crippen LogP contribution in [0.3, 0.4) is 0 Å². The van der Waals surface area contributed by atoms with E-state index in [-0.39, 0.29) is 12.5 Å². The van der Waals surface area contributed by atoms with Crippen LogP contribution in [-0.2, 0) is 4.79 Å². The summed E-state index contributed by atoms with van der Waals surface area (Å²) in [6, 6.07) is 9.13. The van der Waals surface area contributed by atoms with Gasteiger partial charge in [0.2, 0.25) is 6.10 Å². The molecule has 0 bridgehead atoms. The van der Waals surface area contributed by atoms with Gasteiger partial charge in [-0.3, -0.25) is 4.79 Å². The molecule has 1 aliphatic heterocycles. The van der Waals surface area contributed by atoms with E-state index in [1.54, 1.807) is 12.1 Å². The fourth-order valence-electron chi connectivity index (χ4n) is 2.41. The van der Waals surface area contributed by atoms with E-state index in [4.69, 9.17) is 13.9 Å². The Kier molecular flexibility index (Phi) is 4.06. The van der Waals surface area contributed by atoms with Gasteiger partial charge in [0, 0.05) is 5.56 Å². The molecule has 1 N–H and O–H groups in total. The van der Waals surface area contributed by atoms with Gasteiger partial charge in [-0.2, -0.15) is 5.10 Å². The Labute approximate surface area is 134 Å². The normalized spacial score (nSPS) is 17.0. The second-order valence-corrected chi connectivity index (χ2v) is 5.36. The summed E-state index contributed by atoms with van der Waals surface area (Å²) in [6.45, 7) is 5.69. The Bertz CT molecular complexity index is 764. The average Bonchev–Trinajstić information content (AvgIpc) is 2.90. The van der Waals surface area contributed by atoms with Crippen LogP contribution in [-0.4, -0.2) is 24.3 Å². The zero-order valence-corrected chi connectivity index (χ0v) is 13.3. The third-order valence-corrected chi connectivity index (χ3v) is 3.57. The number of furan rings is 1. The van der Waals surface area contributed by atoms with Gasteiger partial charge < -0.3 is 13.9 Å². The molecule has 0 unspecified atom stereocenters. The highest BCUT2D eigenvalue weighted by molar-refractivity contribution is 6.00. The number of carbonyl (C=O) groups excluding carboxylic acids is 1. The molecule has 0 fully saturated rings. The summed E-state index contributed by atoms with van der Waals surface area (Å²) in [5.41, 5.74) is 4.06. The molecule has 0 saturated carbocycles. The maximum atomic E-state index is 12.2. The van der Waals surface area contributed by atoms with Gasteiger partial charge in [0.05, 0.1) is 5.71 Å². The lowest BCUT2D eigenvalue weighted by Crippen LogP contribution is -2.42. The first-order valence-electron chi connectivity index (χ1n) is 7.34. The predicted octanol–water partition coefficient (Wildman–Crippen LogP) is 2.58. The Balaban J connectivity index is 1.66. The van der Waals surface area contributed by atoms with E-state index in [9.17, 15) is 4.79 Å². The van der Waals surface area contributed by atoms with Crippen molar-refractivity contribution in [3.8, 4) is 11.5 Å². The van der Waals surface area contributed by atoms with Crippen LogP contribution in [0.15, 0.2) is 39.9 Å². The molecule has 120 valence electrons. The van der Waals surface area contributed by atoms with Crippen LogP contribution in [0.4, 0.5) is 0 Å². The third-order valence-electron chi connectivity index (χ3n) is 3.57. The second kappa shape index (κ2) is 6.16. The topological polar surface area (TPSA) is 73.1 Å². The van der Waals surface area contributed by atoms with E-state index in [1.807, 2.05) is 39.0 Å². The number of ether oxygens (including phenoxy) is 2. The molecule has 1 aliphatic rings. The van der Waals surface area contributed by atoms with Gasteiger partial charge >= 0.3 is 0 Å². The molecule has 1 aromatic heterocycles. The van der Waals surface area contributed by atoms with E-state index in [1.165, 1.54) is 0 Å². The van der Waals surface area contributed by atoms with Crippen molar-refractivity contribution in [2.24, 2.45) is 5.10 Å². The molecule has 1 aromatic carbocycles. The zero-order chi connectivity index (χ0) is 16.4. The Morgan fingerprint density at radius 3 is 2.70 bits per heavy atom. The molecule has 0 radical (unpaired) electrons. The van der Waals surface area contributed by atoms with Crippen LogP contribution in [0.2, 0.25) is 0 Å². The number of nitrogens with one attached hydrogen (secondary N) is 1. The summed E-state index contributed by atoms with van der Waals surface area (Å²) in [5.74, 6) is 2.42. The minimum absolute atomic E-state index is 0.154. The molecule has 0 spiro atoms. The molecule has 1 atom stereocenters. The SMILES string of the molecule is C/C(=N/NC(=O)[C@H]1COc2ccccc2O1)c1cc(C)oc1C. The molecular formula is C17H18N2O4. The molecule has 3 rings (SSSR count). The van der Waals surface area contributed by atoms with E-state index < -0.39 is 6.10 Å². The number of carbonyl (C=O) groups is 1. The summed E-state index contributed by atoms with van der Waals surface area (Å²) in [7, 11) is 0. The maximum absolute atomic E-state index is 12.2. The molecule has 6 nitrogen and oxygen atoms in total. The van der Waals surface area contributed by atoms with Gasteiger partial charge in [0.1, 0.15) is 18.1 Å². The molecule has 0 saturated heterocycles. The molecule has 0 aliphatic carbocycles. The Morgan fingerprint density at radius 1 is 1.26 bits per heavy atom. The van der Waals surface area contributed by atoms with E-state index in [2.05, 4.69) is 10.5 Å². The van der Waals surface area contributed by atoms with Crippen LogP contribution < -0.4 is 14.9 Å². The van der Waals surface area contributed by atoms with Crippen LogP contribution >= 0.6 is 0 Å². The van der Waals surface area contributed by atoms with E-state index >= 15 is 0 Å². The molecule has 6 heteroatoms. The average molecular weight is 314 g/mol. The maximum Gasteiger partial charge on any atom is 0.284 e. The molecule has 23 heavy (non-hydrogen) atoms. The van der Waals surface area contributed by atoms with Gasteiger partial charge in [-0.1, -0.05) is 12.1 Å². The third kappa shape index (κ3) is 3.21. The monoisotopic (exact) mass is 314 g/mol. The standard InChI is InChI=1S/C17H18N2O4/c1-10-8-13(12(3)22-10)11(2)18-19-17(20)16-9-21-14-6-4-5-7-15(14)23-16/h4-8,16H,9H2,1-3H3,(H,19,20)/b18-11-/t16-/m1/s1. The van der Waals surface area contributed by atoms with Crippen molar-refractivity contribution in [2.45, 2.75) is 26.9 Å². The second-order valence-electron chi connectivity index (χ2n) is 5.36. The summed E-state index contributed by atoms with van der Waals surface area (Å²) < 4.78 is 16.6. The number of para-hydroxylation sites is 2. The number of benzene rings is 1. The largest absolute Gasteiger partial charge is 0.485 e. The van der Waals surface area contributed by atoms with Crippen molar-refractivity contribution in [1.29, 1.82) is 0 Å². The minimum Gasteiger partial charge on any atom is -0.485 e. The fourth-order valence-corrected chi connectivity index (χ4v) is 2.41. The van der Waals surface area contributed by atoms with Gasteiger partial charge in [0.15, 0.2) is 11.5 Å². The number of aryl methyl sites for hydroxylation is 2.